The first-order valence-corrected chi connectivity index (χ1v) is 6.51. The zero-order valence-electron chi connectivity index (χ0n) is 10.0. The Morgan fingerprint density at radius 1 is 1.11 bits per heavy atom. The summed E-state index contributed by atoms with van der Waals surface area (Å²) in [5.74, 6) is -0.261. The molecular weight excluding hydrogens is 304 g/mol. The van der Waals surface area contributed by atoms with Gasteiger partial charge in [0.25, 0.3) is 5.91 Å². The van der Waals surface area contributed by atoms with E-state index >= 15 is 0 Å². The van der Waals surface area contributed by atoms with E-state index in [1.165, 1.54) is 0 Å². The summed E-state index contributed by atoms with van der Waals surface area (Å²) in [5.41, 5.74) is 1.30. The Balaban J connectivity index is 2.13. The zero-order chi connectivity index (χ0) is 13.7. The second kappa shape index (κ2) is 6.17. The highest BCUT2D eigenvalue weighted by atomic mass is 79.9. The van der Waals surface area contributed by atoms with Crippen LogP contribution in [0.3, 0.4) is 0 Å². The van der Waals surface area contributed by atoms with Crippen LogP contribution < -0.4 is 5.32 Å². The molecule has 1 atom stereocenters. The molecule has 0 aliphatic heterocycles. The number of carbonyl (C=O) groups excluding carboxylic acids is 1. The maximum atomic E-state index is 12.0. The Hall–Kier alpha value is -2.12. The van der Waals surface area contributed by atoms with Crippen molar-refractivity contribution >= 4 is 21.8 Å². The smallest absolute Gasteiger partial charge is 0.252 e. The summed E-state index contributed by atoms with van der Waals surface area (Å²) in [4.78, 5) is 12.0. The molecule has 0 saturated heterocycles. The van der Waals surface area contributed by atoms with E-state index in [2.05, 4.69) is 27.3 Å². The minimum atomic E-state index is -0.641. The Bertz CT molecular complexity index is 602. The number of nitrogens with one attached hydrogen (secondary N) is 1. The molecule has 0 heterocycles. The lowest BCUT2D eigenvalue weighted by Crippen LogP contribution is -2.27. The molecule has 0 spiro atoms. The van der Waals surface area contributed by atoms with E-state index in [4.69, 9.17) is 5.26 Å². The van der Waals surface area contributed by atoms with Crippen LogP contribution in [-0.2, 0) is 0 Å². The first-order valence-electron chi connectivity index (χ1n) is 5.71. The molecule has 3 nitrogen and oxygen atoms in total. The van der Waals surface area contributed by atoms with Crippen LogP contribution in [0.4, 0.5) is 0 Å². The van der Waals surface area contributed by atoms with Gasteiger partial charge in [0.2, 0.25) is 0 Å². The number of nitriles is 1. The van der Waals surface area contributed by atoms with E-state index in [0.29, 0.717) is 5.56 Å². The highest BCUT2D eigenvalue weighted by Gasteiger charge is 2.14. The van der Waals surface area contributed by atoms with E-state index in [0.717, 1.165) is 10.0 Å². The van der Waals surface area contributed by atoms with Gasteiger partial charge in [0.15, 0.2) is 0 Å². The van der Waals surface area contributed by atoms with Crippen molar-refractivity contribution in [2.75, 3.05) is 0 Å². The number of hydrogen-bond acceptors (Lipinski definition) is 2. The molecule has 1 unspecified atom stereocenters. The van der Waals surface area contributed by atoms with Crippen LogP contribution >= 0.6 is 15.9 Å². The van der Waals surface area contributed by atoms with Gasteiger partial charge in [0, 0.05) is 10.0 Å². The molecule has 2 aromatic rings. The summed E-state index contributed by atoms with van der Waals surface area (Å²) in [5, 5.41) is 11.9. The van der Waals surface area contributed by atoms with Gasteiger partial charge in [-0.1, -0.05) is 46.3 Å². The number of halogens is 1. The van der Waals surface area contributed by atoms with Crippen LogP contribution in [0.25, 0.3) is 0 Å². The van der Waals surface area contributed by atoms with Gasteiger partial charge < -0.3 is 5.32 Å². The van der Waals surface area contributed by atoms with Gasteiger partial charge in [-0.2, -0.15) is 5.26 Å². The predicted octanol–water partition coefficient (Wildman–Crippen LogP) is 3.44. The molecule has 19 heavy (non-hydrogen) atoms. The highest BCUT2D eigenvalue weighted by Crippen LogP contribution is 2.14. The molecule has 2 rings (SSSR count). The lowest BCUT2D eigenvalue weighted by atomic mass is 10.1. The van der Waals surface area contributed by atoms with Gasteiger partial charge in [-0.25, -0.2) is 0 Å². The van der Waals surface area contributed by atoms with Crippen molar-refractivity contribution in [1.29, 1.82) is 5.26 Å². The Kier molecular flexibility index (Phi) is 4.32. The fraction of sp³-hybridized carbons (Fsp3) is 0.0667. The van der Waals surface area contributed by atoms with Gasteiger partial charge in [0.05, 0.1) is 6.07 Å². The molecule has 2 aromatic carbocycles. The molecule has 1 amide bonds. The third-order valence-corrected chi connectivity index (χ3v) is 3.17. The van der Waals surface area contributed by atoms with Crippen molar-refractivity contribution in [3.05, 3.63) is 70.2 Å². The van der Waals surface area contributed by atoms with Crippen molar-refractivity contribution in [2.45, 2.75) is 6.04 Å². The maximum absolute atomic E-state index is 12.0. The summed E-state index contributed by atoms with van der Waals surface area (Å²) in [7, 11) is 0. The first-order chi connectivity index (χ1) is 9.20. The van der Waals surface area contributed by atoms with Crippen LogP contribution in [0.5, 0.6) is 0 Å². The van der Waals surface area contributed by atoms with Crippen LogP contribution in [-0.4, -0.2) is 5.91 Å². The van der Waals surface area contributed by atoms with Crippen LogP contribution in [0.1, 0.15) is 22.0 Å². The van der Waals surface area contributed by atoms with Gasteiger partial charge in [-0.05, 0) is 29.8 Å². The number of hydrogen-bond donors (Lipinski definition) is 1. The Morgan fingerprint density at radius 3 is 2.32 bits per heavy atom. The molecule has 0 saturated carbocycles. The zero-order valence-corrected chi connectivity index (χ0v) is 11.6. The third-order valence-electron chi connectivity index (χ3n) is 2.64. The van der Waals surface area contributed by atoms with E-state index in [1.807, 2.05) is 30.3 Å². The predicted molar refractivity (Wildman–Crippen MR) is 76.4 cm³/mol. The summed E-state index contributed by atoms with van der Waals surface area (Å²) >= 11 is 3.31. The fourth-order valence-electron chi connectivity index (χ4n) is 1.65. The molecule has 0 aliphatic carbocycles. The number of amides is 1. The standard InChI is InChI=1S/C15H11BrN2O/c16-13-8-6-12(7-9-13)15(19)18-14(10-17)11-4-2-1-3-5-11/h1-9,14H,(H,18,19). The van der Waals surface area contributed by atoms with Crippen LogP contribution in [0.2, 0.25) is 0 Å². The maximum Gasteiger partial charge on any atom is 0.252 e. The van der Waals surface area contributed by atoms with Gasteiger partial charge in [0.1, 0.15) is 6.04 Å². The van der Waals surface area contributed by atoms with E-state index in [9.17, 15) is 4.79 Å². The lowest BCUT2D eigenvalue weighted by Gasteiger charge is -2.11. The first kappa shape index (κ1) is 13.3. The molecular formula is C15H11BrN2O. The average molecular weight is 315 g/mol. The summed E-state index contributed by atoms with van der Waals surface area (Å²) < 4.78 is 0.906. The quantitative estimate of drug-likeness (QED) is 0.943. The summed E-state index contributed by atoms with van der Waals surface area (Å²) in [6, 6.07) is 17.6. The molecule has 94 valence electrons. The normalized spacial score (nSPS) is 11.4. The van der Waals surface area contributed by atoms with Crippen molar-refractivity contribution in [3.8, 4) is 6.07 Å². The Morgan fingerprint density at radius 2 is 1.74 bits per heavy atom. The Labute approximate surface area is 120 Å². The molecule has 0 aliphatic rings. The largest absolute Gasteiger partial charge is 0.333 e. The second-order valence-corrected chi connectivity index (χ2v) is 4.87. The highest BCUT2D eigenvalue weighted by molar-refractivity contribution is 9.10. The van der Waals surface area contributed by atoms with Gasteiger partial charge in [-0.15, -0.1) is 0 Å². The molecule has 1 N–H and O–H groups in total. The van der Waals surface area contributed by atoms with Crippen LogP contribution in [0, 0.1) is 11.3 Å². The van der Waals surface area contributed by atoms with E-state index in [1.54, 1.807) is 24.3 Å². The molecule has 0 aromatic heterocycles. The molecule has 0 bridgehead atoms. The third kappa shape index (κ3) is 3.43. The summed E-state index contributed by atoms with van der Waals surface area (Å²) in [6.45, 7) is 0. The molecule has 4 heteroatoms. The lowest BCUT2D eigenvalue weighted by molar-refractivity contribution is 0.0945. The second-order valence-electron chi connectivity index (χ2n) is 3.95. The van der Waals surface area contributed by atoms with Gasteiger partial charge >= 0.3 is 0 Å². The van der Waals surface area contributed by atoms with Crippen molar-refractivity contribution in [2.24, 2.45) is 0 Å². The van der Waals surface area contributed by atoms with E-state index in [-0.39, 0.29) is 5.91 Å². The number of carbonyl (C=O) groups is 1. The minimum Gasteiger partial charge on any atom is -0.333 e. The average Bonchev–Trinajstić information content (AvgIpc) is 2.46. The number of nitrogens with zero attached hydrogens (tertiary/aromatic N) is 1. The number of benzene rings is 2. The minimum absolute atomic E-state index is 0.261. The summed E-state index contributed by atoms with van der Waals surface area (Å²) in [6.07, 6.45) is 0. The topological polar surface area (TPSA) is 52.9 Å². The van der Waals surface area contributed by atoms with Crippen LogP contribution in [0.15, 0.2) is 59.1 Å². The van der Waals surface area contributed by atoms with E-state index < -0.39 is 6.04 Å². The van der Waals surface area contributed by atoms with Crippen molar-refractivity contribution in [1.82, 2.24) is 5.32 Å². The van der Waals surface area contributed by atoms with Crippen molar-refractivity contribution < 1.29 is 4.79 Å². The van der Waals surface area contributed by atoms with Crippen molar-refractivity contribution in [3.63, 3.8) is 0 Å². The monoisotopic (exact) mass is 314 g/mol. The molecule has 0 radical (unpaired) electrons. The molecule has 0 fully saturated rings. The SMILES string of the molecule is N#CC(NC(=O)c1ccc(Br)cc1)c1ccccc1. The number of rotatable bonds is 3. The fourth-order valence-corrected chi connectivity index (χ4v) is 1.92. The van der Waals surface area contributed by atoms with Gasteiger partial charge in [-0.3, -0.25) is 4.79 Å².